The lowest BCUT2D eigenvalue weighted by Gasteiger charge is -2.04. The largest absolute Gasteiger partial charge is 0.444 e. The van der Waals surface area contributed by atoms with Gasteiger partial charge in [-0.05, 0) is 68.0 Å². The Morgan fingerprint density at radius 1 is 1.22 bits per heavy atom. The van der Waals surface area contributed by atoms with Crippen molar-refractivity contribution in [2.45, 2.75) is 32.1 Å². The third kappa shape index (κ3) is 6.00. The average molecular weight is 508 g/mol. The van der Waals surface area contributed by atoms with E-state index in [-0.39, 0.29) is 17.3 Å². The number of carbonyl (C=O) groups excluding carboxylic acids is 1. The number of oxazole rings is 1. The van der Waals surface area contributed by atoms with E-state index in [1.54, 1.807) is 30.5 Å². The van der Waals surface area contributed by atoms with Crippen LogP contribution < -0.4 is 16.4 Å². The SMILES string of the molecule is NCCCc1ccc(-n2cc(NC(=O)c3coc(-c4ccnc(NCC5CC5)c4)n3)c(C(F)F)n2)cc1. The zero-order valence-electron chi connectivity index (χ0n) is 20.0. The molecule has 192 valence electrons. The van der Waals surface area contributed by atoms with Gasteiger partial charge in [-0.2, -0.15) is 5.10 Å². The molecule has 0 saturated heterocycles. The van der Waals surface area contributed by atoms with Gasteiger partial charge >= 0.3 is 0 Å². The van der Waals surface area contributed by atoms with Gasteiger partial charge in [0.15, 0.2) is 11.4 Å². The van der Waals surface area contributed by atoms with Crippen LogP contribution in [0.4, 0.5) is 20.3 Å². The molecule has 37 heavy (non-hydrogen) atoms. The van der Waals surface area contributed by atoms with Crippen molar-refractivity contribution in [2.75, 3.05) is 23.7 Å². The fourth-order valence-corrected chi connectivity index (χ4v) is 3.83. The second kappa shape index (κ2) is 10.9. The molecular weight excluding hydrogens is 480 g/mol. The zero-order chi connectivity index (χ0) is 25.8. The molecule has 9 nitrogen and oxygen atoms in total. The average Bonchev–Trinajstić information content (AvgIpc) is 3.43. The van der Waals surface area contributed by atoms with Crippen LogP contribution in [0, 0.1) is 5.92 Å². The number of benzene rings is 1. The highest BCUT2D eigenvalue weighted by Crippen LogP contribution is 2.30. The maximum absolute atomic E-state index is 13.7. The highest BCUT2D eigenvalue weighted by Gasteiger charge is 2.23. The number of nitrogens with zero attached hydrogens (tertiary/aromatic N) is 4. The van der Waals surface area contributed by atoms with E-state index < -0.39 is 18.0 Å². The number of aromatic nitrogens is 4. The minimum Gasteiger partial charge on any atom is -0.444 e. The van der Waals surface area contributed by atoms with Crippen LogP contribution in [0.1, 0.15) is 47.4 Å². The molecule has 0 bridgehead atoms. The summed E-state index contributed by atoms with van der Waals surface area (Å²) in [6, 6.07) is 10.9. The molecule has 1 aliphatic rings. The Hall–Kier alpha value is -4.12. The number of carbonyl (C=O) groups is 1. The maximum Gasteiger partial charge on any atom is 0.284 e. The summed E-state index contributed by atoms with van der Waals surface area (Å²) >= 11 is 0. The first-order valence-corrected chi connectivity index (χ1v) is 12.1. The Kier molecular flexibility index (Phi) is 7.22. The Morgan fingerprint density at radius 3 is 2.76 bits per heavy atom. The predicted molar refractivity (Wildman–Crippen MR) is 135 cm³/mol. The van der Waals surface area contributed by atoms with E-state index in [0.717, 1.165) is 24.9 Å². The minimum absolute atomic E-state index is 0.0449. The molecule has 0 atom stereocenters. The number of rotatable bonds is 11. The molecule has 3 aromatic heterocycles. The summed E-state index contributed by atoms with van der Waals surface area (Å²) in [5, 5.41) is 9.76. The first-order valence-electron chi connectivity index (χ1n) is 12.1. The van der Waals surface area contributed by atoms with Crippen LogP contribution in [0.2, 0.25) is 0 Å². The van der Waals surface area contributed by atoms with Crippen molar-refractivity contribution in [3.63, 3.8) is 0 Å². The van der Waals surface area contributed by atoms with E-state index >= 15 is 0 Å². The molecule has 1 amide bonds. The molecule has 0 unspecified atom stereocenters. The molecular formula is C26H27F2N7O2. The number of hydrogen-bond donors (Lipinski definition) is 3. The first-order chi connectivity index (χ1) is 18.0. The van der Waals surface area contributed by atoms with Gasteiger partial charge in [0.1, 0.15) is 12.1 Å². The normalized spacial score (nSPS) is 13.2. The van der Waals surface area contributed by atoms with Gasteiger partial charge in [0.2, 0.25) is 5.89 Å². The van der Waals surface area contributed by atoms with Gasteiger partial charge in [-0.3, -0.25) is 4.79 Å². The predicted octanol–water partition coefficient (Wildman–Crippen LogP) is 4.83. The minimum atomic E-state index is -2.88. The summed E-state index contributed by atoms with van der Waals surface area (Å²) in [5.41, 5.74) is 7.18. The van der Waals surface area contributed by atoms with Gasteiger partial charge in [-0.25, -0.2) is 23.4 Å². The molecule has 4 aromatic rings. The van der Waals surface area contributed by atoms with Crippen LogP contribution in [0.15, 0.2) is 59.5 Å². The van der Waals surface area contributed by atoms with Crippen molar-refractivity contribution >= 4 is 17.4 Å². The number of amides is 1. The molecule has 0 radical (unpaired) electrons. The summed E-state index contributed by atoms with van der Waals surface area (Å²) in [4.78, 5) is 21.4. The lowest BCUT2D eigenvalue weighted by molar-refractivity contribution is 0.102. The summed E-state index contributed by atoms with van der Waals surface area (Å²) in [5.74, 6) is 0.914. The molecule has 1 aromatic carbocycles. The number of hydrogen-bond acceptors (Lipinski definition) is 7. The second-order valence-corrected chi connectivity index (χ2v) is 8.98. The number of pyridine rings is 1. The van der Waals surface area contributed by atoms with Gasteiger partial charge in [0, 0.05) is 18.3 Å². The number of anilines is 2. The first kappa shape index (κ1) is 24.6. The van der Waals surface area contributed by atoms with Crippen molar-refractivity contribution < 1.29 is 18.0 Å². The third-order valence-corrected chi connectivity index (χ3v) is 6.08. The van der Waals surface area contributed by atoms with Crippen LogP contribution in [-0.2, 0) is 6.42 Å². The smallest absolute Gasteiger partial charge is 0.284 e. The number of alkyl halides is 2. The molecule has 1 saturated carbocycles. The summed E-state index contributed by atoms with van der Waals surface area (Å²) in [7, 11) is 0. The van der Waals surface area contributed by atoms with E-state index in [0.29, 0.717) is 29.5 Å². The zero-order valence-corrected chi connectivity index (χ0v) is 20.0. The molecule has 0 aliphatic heterocycles. The number of halogens is 2. The van der Waals surface area contributed by atoms with Crippen LogP contribution in [-0.4, -0.2) is 38.7 Å². The Morgan fingerprint density at radius 2 is 2.03 bits per heavy atom. The summed E-state index contributed by atoms with van der Waals surface area (Å²) < 4.78 is 34.2. The highest BCUT2D eigenvalue weighted by molar-refractivity contribution is 6.03. The van der Waals surface area contributed by atoms with Gasteiger partial charge < -0.3 is 20.8 Å². The topological polar surface area (TPSA) is 124 Å². The van der Waals surface area contributed by atoms with E-state index in [4.69, 9.17) is 10.2 Å². The van der Waals surface area contributed by atoms with Crippen molar-refractivity contribution in [3.05, 3.63) is 72.0 Å². The lowest BCUT2D eigenvalue weighted by Crippen LogP contribution is -2.13. The Balaban J connectivity index is 1.30. The molecule has 5 rings (SSSR count). The van der Waals surface area contributed by atoms with Crippen LogP contribution in [0.5, 0.6) is 0 Å². The van der Waals surface area contributed by atoms with Crippen molar-refractivity contribution in [2.24, 2.45) is 11.7 Å². The van der Waals surface area contributed by atoms with Crippen molar-refractivity contribution in [1.82, 2.24) is 19.7 Å². The van der Waals surface area contributed by atoms with Crippen molar-refractivity contribution in [3.8, 4) is 17.1 Å². The monoisotopic (exact) mass is 507 g/mol. The van der Waals surface area contributed by atoms with E-state index in [1.165, 1.54) is 30.0 Å². The van der Waals surface area contributed by atoms with Crippen LogP contribution >= 0.6 is 0 Å². The Labute approximate surface area is 212 Å². The fourth-order valence-electron chi connectivity index (χ4n) is 3.83. The Bertz CT molecular complexity index is 1360. The molecule has 3 heterocycles. The number of nitrogens with two attached hydrogens (primary N) is 1. The van der Waals surface area contributed by atoms with Crippen LogP contribution in [0.25, 0.3) is 17.1 Å². The molecule has 0 spiro atoms. The standard InChI is InChI=1S/C26H27F2N7O2/c27-24(28)23-20(14-35(34-23)19-7-5-16(6-8-19)2-1-10-29)32-25(36)21-15-37-26(33-21)18-9-11-30-22(12-18)31-13-17-3-4-17/h5-9,11-12,14-15,17,24H,1-4,10,13,29H2,(H,30,31)(H,32,36). The fraction of sp³-hybridized carbons (Fsp3) is 0.308. The lowest BCUT2D eigenvalue weighted by atomic mass is 10.1. The molecule has 11 heteroatoms. The van der Waals surface area contributed by atoms with Crippen LogP contribution in [0.3, 0.4) is 0 Å². The van der Waals surface area contributed by atoms with Gasteiger partial charge in [-0.15, -0.1) is 0 Å². The number of aryl methyl sites for hydroxylation is 1. The maximum atomic E-state index is 13.7. The van der Waals surface area contributed by atoms with E-state index in [1.807, 2.05) is 12.1 Å². The highest BCUT2D eigenvalue weighted by atomic mass is 19.3. The summed E-state index contributed by atoms with van der Waals surface area (Å²) in [6.45, 7) is 1.45. The van der Waals surface area contributed by atoms with Crippen molar-refractivity contribution in [1.29, 1.82) is 0 Å². The third-order valence-electron chi connectivity index (χ3n) is 6.08. The quantitative estimate of drug-likeness (QED) is 0.266. The molecule has 1 fully saturated rings. The molecule has 1 aliphatic carbocycles. The summed E-state index contributed by atoms with van der Waals surface area (Å²) in [6.07, 6.45) is 5.42. The van der Waals surface area contributed by atoms with Gasteiger partial charge in [-0.1, -0.05) is 12.1 Å². The van der Waals surface area contributed by atoms with E-state index in [2.05, 4.69) is 25.7 Å². The second-order valence-electron chi connectivity index (χ2n) is 8.98. The van der Waals surface area contributed by atoms with Gasteiger partial charge in [0.25, 0.3) is 12.3 Å². The number of nitrogens with one attached hydrogen (secondary N) is 2. The van der Waals surface area contributed by atoms with E-state index in [9.17, 15) is 13.6 Å². The van der Waals surface area contributed by atoms with Gasteiger partial charge in [0.05, 0.1) is 17.6 Å². The molecule has 4 N–H and O–H groups in total.